The van der Waals surface area contributed by atoms with Gasteiger partial charge in [-0.05, 0) is 19.3 Å². The Kier molecular flexibility index (Phi) is 33.8. The summed E-state index contributed by atoms with van der Waals surface area (Å²) < 4.78 is 73.4. The van der Waals surface area contributed by atoms with Gasteiger partial charge in [-0.3, -0.25) is 9.35 Å². The van der Waals surface area contributed by atoms with Crippen molar-refractivity contribution in [2.45, 2.75) is 123 Å². The summed E-state index contributed by atoms with van der Waals surface area (Å²) in [5.41, 5.74) is 0. The van der Waals surface area contributed by atoms with Gasteiger partial charge >= 0.3 is 11.9 Å². The third-order valence-electron chi connectivity index (χ3n) is 9.49. The molecule has 0 atom stereocenters. The van der Waals surface area contributed by atoms with Crippen LogP contribution < -0.4 is 0 Å². The van der Waals surface area contributed by atoms with Crippen LogP contribution in [0.15, 0.2) is 36.5 Å². The van der Waals surface area contributed by atoms with Crippen LogP contribution in [0.4, 0.5) is 0 Å². The Balaban J connectivity index is 0. The fourth-order valence-corrected chi connectivity index (χ4v) is 6.59. The molecule has 58 heavy (non-hydrogen) atoms. The largest absolute Gasteiger partial charge is 0.748 e. The number of unbranched alkanes of at least 4 members (excludes halogenated alkanes) is 13. The average Bonchev–Trinajstić information content (AvgIpc) is 3.12. The predicted molar refractivity (Wildman–Crippen MR) is 231 cm³/mol. The number of hydrogen-bond donors (Lipinski definition) is 1. The van der Waals surface area contributed by atoms with E-state index in [-0.39, 0.29) is 24.0 Å². The van der Waals surface area contributed by atoms with Crippen molar-refractivity contribution in [1.82, 2.24) is 4.90 Å². The molecule has 0 saturated heterocycles. The fourth-order valence-electron chi connectivity index (χ4n) is 5.62. The SMILES string of the molecule is CCCCCCCCCC=CC=CC(=O)N(C)CC[N+](C)(C)CCCS(=O)(=O)[O-].CCCCCCCCCOC(=O)/C=C\C(=O)OCC[N+](C)(C)CCCS(=O)(=O)O. The summed E-state index contributed by atoms with van der Waals surface area (Å²) in [5, 5.41) is 0. The number of hydrogen-bond acceptors (Lipinski definition) is 10. The van der Waals surface area contributed by atoms with Gasteiger partial charge in [-0.2, -0.15) is 8.42 Å². The molecule has 0 rings (SSSR count). The van der Waals surface area contributed by atoms with Crippen LogP contribution in [0.1, 0.15) is 123 Å². The van der Waals surface area contributed by atoms with Crippen molar-refractivity contribution in [1.29, 1.82) is 0 Å². The van der Waals surface area contributed by atoms with Gasteiger partial charge in [0.1, 0.15) is 13.2 Å². The summed E-state index contributed by atoms with van der Waals surface area (Å²) >= 11 is 0. The maximum absolute atomic E-state index is 12.1. The number of esters is 2. The van der Waals surface area contributed by atoms with E-state index >= 15 is 0 Å². The zero-order valence-corrected chi connectivity index (χ0v) is 38.7. The summed E-state index contributed by atoms with van der Waals surface area (Å²) in [5.74, 6) is -1.87. The van der Waals surface area contributed by atoms with Crippen molar-refractivity contribution in [3.05, 3.63) is 36.5 Å². The number of carbonyl (C=O) groups excluding carboxylic acids is 3. The summed E-state index contributed by atoms with van der Waals surface area (Å²) in [4.78, 5) is 37.0. The first-order valence-electron chi connectivity index (χ1n) is 21.3. The lowest BCUT2D eigenvalue weighted by molar-refractivity contribution is -0.890. The van der Waals surface area contributed by atoms with E-state index in [2.05, 4.69) is 19.9 Å². The first kappa shape index (κ1) is 57.5. The zero-order chi connectivity index (χ0) is 44.4. The molecule has 0 spiro atoms. The van der Waals surface area contributed by atoms with Crippen LogP contribution in [-0.4, -0.2) is 150 Å². The molecule has 0 aromatic rings. The molecule has 0 aliphatic rings. The third-order valence-corrected chi connectivity index (χ3v) is 11.1. The van der Waals surface area contributed by atoms with Crippen LogP contribution in [0.5, 0.6) is 0 Å². The molecule has 0 saturated carbocycles. The predicted octanol–water partition coefficient (Wildman–Crippen LogP) is 6.44. The van der Waals surface area contributed by atoms with E-state index in [0.29, 0.717) is 61.1 Å². The van der Waals surface area contributed by atoms with Gasteiger partial charge in [0.2, 0.25) is 5.91 Å². The van der Waals surface area contributed by atoms with E-state index in [0.717, 1.165) is 37.8 Å². The van der Waals surface area contributed by atoms with E-state index in [9.17, 15) is 35.8 Å². The highest BCUT2D eigenvalue weighted by molar-refractivity contribution is 7.85. The van der Waals surface area contributed by atoms with Crippen molar-refractivity contribution in [3.63, 3.8) is 0 Å². The Bertz CT molecular complexity index is 1410. The Morgan fingerprint density at radius 1 is 0.603 bits per heavy atom. The summed E-state index contributed by atoms with van der Waals surface area (Å²) in [6.45, 7) is 7.74. The minimum Gasteiger partial charge on any atom is -0.748 e. The first-order valence-corrected chi connectivity index (χ1v) is 24.4. The number of amides is 1. The molecule has 0 unspecified atom stereocenters. The van der Waals surface area contributed by atoms with Crippen molar-refractivity contribution in [2.75, 3.05) is 92.7 Å². The van der Waals surface area contributed by atoms with Crippen LogP contribution in [0, 0.1) is 0 Å². The van der Waals surface area contributed by atoms with E-state index in [1.807, 2.05) is 34.3 Å². The van der Waals surface area contributed by atoms with Gasteiger partial charge in [-0.1, -0.05) is 109 Å². The normalized spacial score (nSPS) is 12.6. The van der Waals surface area contributed by atoms with Crippen LogP contribution in [0.25, 0.3) is 0 Å². The van der Waals surface area contributed by atoms with Gasteiger partial charge in [0.25, 0.3) is 10.1 Å². The highest BCUT2D eigenvalue weighted by Gasteiger charge is 2.18. The number of carbonyl (C=O) groups is 3. The van der Waals surface area contributed by atoms with Gasteiger partial charge in [0.15, 0.2) is 0 Å². The van der Waals surface area contributed by atoms with E-state index in [1.165, 1.54) is 70.6 Å². The average molecular weight is 867 g/mol. The molecular formula is C42H80N3O11S2+. The maximum Gasteiger partial charge on any atom is 0.331 e. The van der Waals surface area contributed by atoms with Crippen molar-refractivity contribution < 1.29 is 58.8 Å². The van der Waals surface area contributed by atoms with Crippen molar-refractivity contribution in [3.8, 4) is 0 Å². The standard InChI is InChI=1S/C22H42N2O4S.C20H37NO7S/c1-5-6-7-8-9-10-11-12-13-14-15-17-22(25)23(2)18-20-24(3,4)19-16-21-29(26,27)28;1-4-5-6-7-8-9-10-16-27-19(22)12-13-20(23)28-17-15-21(2,3)14-11-18-29(24,25)26/h13-15,17H,5-12,16,18-21H2,1-4H3;12-13H,4-11,14-18H2,1-3H3/p+1/b;13-12-. The fraction of sp³-hybridized carbons (Fsp3) is 0.786. The smallest absolute Gasteiger partial charge is 0.331 e. The van der Waals surface area contributed by atoms with Crippen molar-refractivity contribution >= 4 is 38.1 Å². The molecule has 0 radical (unpaired) electrons. The summed E-state index contributed by atoms with van der Waals surface area (Å²) in [6.07, 6.45) is 28.3. The van der Waals surface area contributed by atoms with Gasteiger partial charge in [0, 0.05) is 43.9 Å². The monoisotopic (exact) mass is 867 g/mol. The molecule has 16 heteroatoms. The Morgan fingerprint density at radius 2 is 1.07 bits per heavy atom. The second-order valence-electron chi connectivity index (χ2n) is 16.3. The molecule has 1 N–H and O–H groups in total. The Hall–Kier alpha value is -2.63. The second kappa shape index (κ2) is 34.1. The molecule has 0 fully saturated rings. The highest BCUT2D eigenvalue weighted by atomic mass is 32.2. The second-order valence-corrected chi connectivity index (χ2v) is 19.4. The Labute approximate surface area is 352 Å². The molecule has 0 aromatic heterocycles. The number of nitrogens with zero attached hydrogens (tertiary/aromatic N) is 3. The topological polar surface area (TPSA) is 184 Å². The van der Waals surface area contributed by atoms with Gasteiger partial charge < -0.3 is 27.9 Å². The highest BCUT2D eigenvalue weighted by Crippen LogP contribution is 2.09. The van der Waals surface area contributed by atoms with E-state index in [4.69, 9.17) is 14.0 Å². The first-order chi connectivity index (χ1) is 27.1. The number of quaternary nitrogens is 2. The molecule has 0 aromatic carbocycles. The lowest BCUT2D eigenvalue weighted by atomic mass is 10.1. The molecule has 0 heterocycles. The molecule has 0 aliphatic heterocycles. The number of ether oxygens (including phenoxy) is 2. The minimum atomic E-state index is -4.16. The van der Waals surface area contributed by atoms with Crippen LogP contribution in [0.3, 0.4) is 0 Å². The third kappa shape index (κ3) is 43.0. The van der Waals surface area contributed by atoms with Crippen LogP contribution >= 0.6 is 0 Å². The molecule has 340 valence electrons. The van der Waals surface area contributed by atoms with E-state index < -0.39 is 32.2 Å². The zero-order valence-electron chi connectivity index (χ0n) is 37.0. The lowest BCUT2D eigenvalue weighted by Crippen LogP contribution is -2.46. The van der Waals surface area contributed by atoms with Crippen LogP contribution in [-0.2, 0) is 44.1 Å². The van der Waals surface area contributed by atoms with Gasteiger partial charge in [0.05, 0.1) is 76.8 Å². The maximum atomic E-state index is 12.1. The minimum absolute atomic E-state index is 0.0484. The number of likely N-dealkylation sites (N-methyl/N-ethyl adjacent to an activating group) is 3. The quantitative estimate of drug-likeness (QED) is 0.0187. The lowest BCUT2D eigenvalue weighted by Gasteiger charge is -2.31. The summed E-state index contributed by atoms with van der Waals surface area (Å²) in [6, 6.07) is 0. The van der Waals surface area contributed by atoms with E-state index in [1.54, 1.807) is 24.1 Å². The number of rotatable bonds is 34. The molecular weight excluding hydrogens is 787 g/mol. The van der Waals surface area contributed by atoms with Crippen LogP contribution in [0.2, 0.25) is 0 Å². The van der Waals surface area contributed by atoms with Gasteiger partial charge in [-0.25, -0.2) is 18.0 Å². The molecule has 0 aliphatic carbocycles. The van der Waals surface area contributed by atoms with Crippen molar-refractivity contribution in [2.24, 2.45) is 0 Å². The van der Waals surface area contributed by atoms with Gasteiger partial charge in [-0.15, -0.1) is 0 Å². The molecule has 0 bridgehead atoms. The summed E-state index contributed by atoms with van der Waals surface area (Å²) in [7, 11) is 1.32. The molecule has 14 nitrogen and oxygen atoms in total. The molecule has 1 amide bonds. The Morgan fingerprint density at radius 3 is 1.59 bits per heavy atom. The number of allylic oxidation sites excluding steroid dienone is 3.